The number of piperazine rings is 1. The number of hydrogen-bond acceptors (Lipinski definition) is 5. The minimum absolute atomic E-state index is 0.0657. The van der Waals surface area contributed by atoms with Crippen molar-refractivity contribution in [2.45, 2.75) is 19.3 Å². The lowest BCUT2D eigenvalue weighted by molar-refractivity contribution is -0.137. The van der Waals surface area contributed by atoms with Crippen molar-refractivity contribution in [2.24, 2.45) is 0 Å². The molecule has 1 amide bonds. The molecule has 0 spiro atoms. The highest BCUT2D eigenvalue weighted by Crippen LogP contribution is 2.32. The van der Waals surface area contributed by atoms with Gasteiger partial charge >= 0.3 is 6.18 Å². The number of amides is 1. The Morgan fingerprint density at radius 2 is 1.68 bits per heavy atom. The van der Waals surface area contributed by atoms with Crippen molar-refractivity contribution in [1.29, 1.82) is 0 Å². The molecule has 0 radical (unpaired) electrons. The fourth-order valence-electron chi connectivity index (χ4n) is 3.72. The van der Waals surface area contributed by atoms with Crippen LogP contribution in [0.25, 0.3) is 0 Å². The summed E-state index contributed by atoms with van der Waals surface area (Å²) in [6.45, 7) is 4.16. The Kier molecular flexibility index (Phi) is 6.33. The lowest BCUT2D eigenvalue weighted by Crippen LogP contribution is -2.49. The Bertz CT molecular complexity index is 928. The van der Waals surface area contributed by atoms with Crippen LogP contribution in [0.15, 0.2) is 42.5 Å². The number of carbonyl (C=O) groups excluding carboxylic acids is 1. The Morgan fingerprint density at radius 3 is 2.45 bits per heavy atom. The van der Waals surface area contributed by atoms with Crippen LogP contribution in [0.1, 0.15) is 16.7 Å². The van der Waals surface area contributed by atoms with Gasteiger partial charge in [-0.2, -0.15) is 13.2 Å². The summed E-state index contributed by atoms with van der Waals surface area (Å²) >= 11 is 0. The van der Waals surface area contributed by atoms with Crippen LogP contribution in [-0.4, -0.2) is 55.2 Å². The first-order valence-corrected chi connectivity index (χ1v) is 10.1. The van der Waals surface area contributed by atoms with E-state index in [1.54, 1.807) is 6.07 Å². The van der Waals surface area contributed by atoms with Crippen LogP contribution >= 0.6 is 0 Å². The maximum atomic E-state index is 12.9. The molecule has 0 atom stereocenters. The van der Waals surface area contributed by atoms with Gasteiger partial charge in [-0.25, -0.2) is 0 Å². The van der Waals surface area contributed by atoms with E-state index in [0.29, 0.717) is 62.9 Å². The second-order valence-electron chi connectivity index (χ2n) is 7.71. The molecule has 166 valence electrons. The molecule has 9 heteroatoms. The summed E-state index contributed by atoms with van der Waals surface area (Å²) in [5, 5.41) is 2.91. The quantitative estimate of drug-likeness (QED) is 0.757. The summed E-state index contributed by atoms with van der Waals surface area (Å²) in [5.74, 6) is 1.32. The summed E-state index contributed by atoms with van der Waals surface area (Å²) in [4.78, 5) is 16.5. The molecule has 0 unspecified atom stereocenters. The molecule has 1 saturated heterocycles. The first-order chi connectivity index (χ1) is 14.9. The van der Waals surface area contributed by atoms with Crippen LogP contribution in [0, 0.1) is 0 Å². The minimum atomic E-state index is -4.33. The zero-order valence-corrected chi connectivity index (χ0v) is 17.0. The number of carbonyl (C=O) groups is 1. The number of rotatable bonds is 6. The molecule has 1 fully saturated rings. The fraction of sp³-hybridized carbons (Fsp3) is 0.409. The van der Waals surface area contributed by atoms with Gasteiger partial charge in [-0.05, 0) is 29.3 Å². The van der Waals surface area contributed by atoms with Crippen molar-refractivity contribution in [3.05, 3.63) is 59.2 Å². The zero-order chi connectivity index (χ0) is 21.8. The molecule has 0 aliphatic carbocycles. The molecule has 4 rings (SSSR count). The average Bonchev–Trinajstić information content (AvgIpc) is 3.21. The van der Waals surface area contributed by atoms with E-state index in [1.807, 2.05) is 18.2 Å². The lowest BCUT2D eigenvalue weighted by Gasteiger charge is -2.34. The summed E-state index contributed by atoms with van der Waals surface area (Å²) in [5.41, 5.74) is 0.955. The molecule has 1 N–H and O–H groups in total. The van der Waals surface area contributed by atoms with E-state index in [-0.39, 0.29) is 12.7 Å². The molecule has 2 heterocycles. The first kappa shape index (κ1) is 21.5. The summed E-state index contributed by atoms with van der Waals surface area (Å²) in [7, 11) is 0. The predicted octanol–water partition coefficient (Wildman–Crippen LogP) is 2.87. The first-order valence-electron chi connectivity index (χ1n) is 10.1. The molecule has 6 nitrogen and oxygen atoms in total. The Hall–Kier alpha value is -2.78. The molecule has 0 saturated carbocycles. The lowest BCUT2D eigenvalue weighted by atomic mass is 10.1. The smallest absolute Gasteiger partial charge is 0.416 e. The topological polar surface area (TPSA) is 54.0 Å². The van der Waals surface area contributed by atoms with Crippen LogP contribution in [0.2, 0.25) is 0 Å². The number of alkyl halides is 3. The molecular weight excluding hydrogens is 411 g/mol. The van der Waals surface area contributed by atoms with Crippen LogP contribution in [-0.2, 0) is 24.1 Å². The third-order valence-corrected chi connectivity index (χ3v) is 5.42. The summed E-state index contributed by atoms with van der Waals surface area (Å²) in [6, 6.07) is 11.0. The monoisotopic (exact) mass is 435 g/mol. The van der Waals surface area contributed by atoms with Crippen LogP contribution in [0.3, 0.4) is 0 Å². The van der Waals surface area contributed by atoms with E-state index in [4.69, 9.17) is 9.47 Å². The average molecular weight is 435 g/mol. The molecule has 31 heavy (non-hydrogen) atoms. The highest BCUT2D eigenvalue weighted by Gasteiger charge is 2.30. The third kappa shape index (κ3) is 5.68. The van der Waals surface area contributed by atoms with Crippen molar-refractivity contribution < 1.29 is 27.4 Å². The molecule has 2 aromatic rings. The summed E-state index contributed by atoms with van der Waals surface area (Å²) < 4.78 is 49.3. The van der Waals surface area contributed by atoms with E-state index in [9.17, 15) is 18.0 Å². The number of benzene rings is 2. The van der Waals surface area contributed by atoms with Crippen molar-refractivity contribution in [3.63, 3.8) is 0 Å². The highest BCUT2D eigenvalue weighted by atomic mass is 19.4. The minimum Gasteiger partial charge on any atom is -0.454 e. The third-order valence-electron chi connectivity index (χ3n) is 5.42. The molecule has 2 aliphatic rings. The Morgan fingerprint density at radius 1 is 0.935 bits per heavy atom. The molecule has 0 aromatic heterocycles. The highest BCUT2D eigenvalue weighted by molar-refractivity contribution is 5.78. The number of hydrogen-bond donors (Lipinski definition) is 1. The van der Waals surface area contributed by atoms with Crippen molar-refractivity contribution in [3.8, 4) is 11.5 Å². The van der Waals surface area contributed by atoms with Crippen molar-refractivity contribution in [2.75, 3.05) is 39.5 Å². The van der Waals surface area contributed by atoms with Crippen molar-refractivity contribution in [1.82, 2.24) is 15.1 Å². The van der Waals surface area contributed by atoms with Crippen molar-refractivity contribution >= 4 is 5.91 Å². The van der Waals surface area contributed by atoms with E-state index < -0.39 is 11.7 Å². The number of halogens is 3. The zero-order valence-electron chi connectivity index (χ0n) is 17.0. The van der Waals surface area contributed by atoms with Gasteiger partial charge in [-0.15, -0.1) is 0 Å². The molecule has 2 aromatic carbocycles. The summed E-state index contributed by atoms with van der Waals surface area (Å²) in [6.07, 6.45) is -4.33. The van der Waals surface area contributed by atoms with Crippen LogP contribution in [0.5, 0.6) is 11.5 Å². The number of nitrogens with zero attached hydrogens (tertiary/aromatic N) is 2. The molecule has 0 bridgehead atoms. The molecular formula is C22H24F3N3O3. The number of fused-ring (bicyclic) bond motifs is 1. The van der Waals surface area contributed by atoms with Gasteiger partial charge < -0.3 is 14.8 Å². The SMILES string of the molecule is O=C(CN1CCN(Cc2cccc(C(F)(F)F)c2)CC1)NCc1ccc2c(c1)OCO2. The number of ether oxygens (including phenoxy) is 2. The van der Waals surface area contributed by atoms with Gasteiger partial charge in [0.05, 0.1) is 12.1 Å². The Labute approximate surface area is 178 Å². The van der Waals surface area contributed by atoms with Gasteiger partial charge in [0.1, 0.15) is 0 Å². The van der Waals surface area contributed by atoms with Crippen LogP contribution < -0.4 is 14.8 Å². The van der Waals surface area contributed by atoms with E-state index >= 15 is 0 Å². The van der Waals surface area contributed by atoms with Gasteiger partial charge in [-0.3, -0.25) is 14.6 Å². The second kappa shape index (κ2) is 9.15. The van der Waals surface area contributed by atoms with E-state index in [1.165, 1.54) is 12.1 Å². The normalized spacial score (nSPS) is 17.0. The second-order valence-corrected chi connectivity index (χ2v) is 7.71. The standard InChI is InChI=1S/C22H24F3N3O3/c23-22(24,25)18-3-1-2-17(10-18)13-27-6-8-28(9-7-27)14-21(29)26-12-16-4-5-19-20(11-16)31-15-30-19/h1-5,10-11H,6-9,12-15H2,(H,26,29). The maximum Gasteiger partial charge on any atom is 0.416 e. The fourth-order valence-corrected chi connectivity index (χ4v) is 3.72. The van der Waals surface area contributed by atoms with Gasteiger partial charge in [0.25, 0.3) is 0 Å². The predicted molar refractivity (Wildman–Crippen MR) is 108 cm³/mol. The van der Waals surface area contributed by atoms with E-state index in [0.717, 1.165) is 11.6 Å². The number of nitrogens with one attached hydrogen (secondary N) is 1. The van der Waals surface area contributed by atoms with Gasteiger partial charge in [0, 0.05) is 39.3 Å². The Balaban J connectivity index is 1.20. The van der Waals surface area contributed by atoms with Gasteiger partial charge in [-0.1, -0.05) is 24.3 Å². The largest absolute Gasteiger partial charge is 0.454 e. The van der Waals surface area contributed by atoms with Crippen LogP contribution in [0.4, 0.5) is 13.2 Å². The van der Waals surface area contributed by atoms with Gasteiger partial charge in [0.15, 0.2) is 11.5 Å². The maximum absolute atomic E-state index is 12.9. The van der Waals surface area contributed by atoms with Gasteiger partial charge in [0.2, 0.25) is 12.7 Å². The van der Waals surface area contributed by atoms with E-state index in [2.05, 4.69) is 15.1 Å². The molecule has 2 aliphatic heterocycles.